The maximum Gasteiger partial charge on any atom is 0.0468 e. The largest absolute Gasteiger partial charge is 0.310 e. The quantitative estimate of drug-likeness (QED) is 0.190. The molecule has 8 aromatic carbocycles. The van der Waals surface area contributed by atoms with Crippen molar-refractivity contribution in [3.63, 3.8) is 0 Å². The fourth-order valence-electron chi connectivity index (χ4n) is 7.66. The normalized spacial score (nSPS) is 15.0. The van der Waals surface area contributed by atoms with E-state index < -0.39 is 0 Å². The zero-order valence-corrected chi connectivity index (χ0v) is 26.3. The molecule has 9 rings (SSSR count). The summed E-state index contributed by atoms with van der Waals surface area (Å²) in [6.07, 6.45) is 0. The van der Waals surface area contributed by atoms with E-state index in [-0.39, 0.29) is 5.41 Å². The topological polar surface area (TPSA) is 3.24 Å². The Morgan fingerprint density at radius 1 is 0.362 bits per heavy atom. The number of nitrogens with zero attached hydrogens (tertiary/aromatic N) is 1. The molecule has 0 spiro atoms. The van der Waals surface area contributed by atoms with E-state index in [4.69, 9.17) is 0 Å². The smallest absolute Gasteiger partial charge is 0.0468 e. The monoisotopic (exact) mass is 599 g/mol. The van der Waals surface area contributed by atoms with Crippen LogP contribution in [-0.4, -0.2) is 0 Å². The number of hydrogen-bond donors (Lipinski definition) is 0. The minimum absolute atomic E-state index is 0.273. The molecule has 222 valence electrons. The van der Waals surface area contributed by atoms with Gasteiger partial charge in [0.25, 0.3) is 0 Å². The van der Waals surface area contributed by atoms with Crippen LogP contribution in [0.5, 0.6) is 0 Å². The van der Waals surface area contributed by atoms with E-state index in [0.717, 1.165) is 17.1 Å². The van der Waals surface area contributed by atoms with Crippen molar-refractivity contribution in [3.05, 3.63) is 199 Å². The number of rotatable bonds is 5. The van der Waals surface area contributed by atoms with Crippen molar-refractivity contribution in [2.24, 2.45) is 0 Å². The summed E-state index contributed by atoms with van der Waals surface area (Å²) in [5.74, 6) is 0. The van der Waals surface area contributed by atoms with Crippen LogP contribution < -0.4 is 4.90 Å². The molecule has 0 radical (unpaired) electrons. The van der Waals surface area contributed by atoms with Crippen LogP contribution in [0.1, 0.15) is 23.6 Å². The summed E-state index contributed by atoms with van der Waals surface area (Å²) in [4.78, 5) is 2.36. The predicted octanol–water partition coefficient (Wildman–Crippen LogP) is 12.5. The molecule has 0 saturated heterocycles. The molecule has 0 N–H and O–H groups in total. The molecule has 1 aliphatic carbocycles. The first-order valence-electron chi connectivity index (χ1n) is 16.3. The first-order valence-corrected chi connectivity index (χ1v) is 16.3. The van der Waals surface area contributed by atoms with Crippen LogP contribution >= 0.6 is 0 Å². The fourth-order valence-corrected chi connectivity index (χ4v) is 7.66. The molecule has 0 aliphatic heterocycles. The number of anilines is 3. The highest BCUT2D eigenvalue weighted by Crippen LogP contribution is 2.53. The number of fused-ring (bicyclic) bond motifs is 5. The molecule has 0 saturated carbocycles. The van der Waals surface area contributed by atoms with Crippen molar-refractivity contribution < 1.29 is 0 Å². The molecule has 1 heteroatoms. The Morgan fingerprint density at radius 3 is 1.77 bits per heavy atom. The first kappa shape index (κ1) is 27.4. The van der Waals surface area contributed by atoms with Crippen LogP contribution in [0.25, 0.3) is 43.8 Å². The minimum Gasteiger partial charge on any atom is -0.310 e. The van der Waals surface area contributed by atoms with Crippen molar-refractivity contribution >= 4 is 38.6 Å². The molecule has 47 heavy (non-hydrogen) atoms. The highest BCUT2D eigenvalue weighted by molar-refractivity contribution is 5.95. The lowest BCUT2D eigenvalue weighted by molar-refractivity contribution is 0.715. The standard InChI is InChI=1S/C46H33N/c1-46(44-24-10-9-23-42(44)43-30-36-15-7-8-16-37(36)31-45(43)46)38-19-11-17-33(27-38)35-18-12-22-40(29-35)47(39-20-3-2-4-21-39)41-26-25-32-13-5-6-14-34(32)28-41/h2-31H,1H3. The second kappa shape index (κ2) is 10.9. The van der Waals surface area contributed by atoms with E-state index >= 15 is 0 Å². The molecule has 0 aromatic heterocycles. The Balaban J connectivity index is 1.18. The third-order valence-electron chi connectivity index (χ3n) is 10.1. The van der Waals surface area contributed by atoms with Gasteiger partial charge in [0.2, 0.25) is 0 Å². The number of hydrogen-bond acceptors (Lipinski definition) is 1. The van der Waals surface area contributed by atoms with Crippen molar-refractivity contribution in [2.45, 2.75) is 12.3 Å². The summed E-state index contributed by atoms with van der Waals surface area (Å²) in [6, 6.07) is 66.6. The molecule has 0 heterocycles. The maximum atomic E-state index is 2.42. The molecule has 1 atom stereocenters. The summed E-state index contributed by atoms with van der Waals surface area (Å²) in [7, 11) is 0. The van der Waals surface area contributed by atoms with E-state index in [2.05, 4.69) is 194 Å². The van der Waals surface area contributed by atoms with Gasteiger partial charge in [0, 0.05) is 22.5 Å². The summed E-state index contributed by atoms with van der Waals surface area (Å²) >= 11 is 0. The minimum atomic E-state index is -0.273. The molecule has 8 aromatic rings. The van der Waals surface area contributed by atoms with Crippen molar-refractivity contribution in [2.75, 3.05) is 4.90 Å². The maximum absolute atomic E-state index is 2.42. The summed E-state index contributed by atoms with van der Waals surface area (Å²) in [5.41, 5.74) is 12.2. The van der Waals surface area contributed by atoms with Gasteiger partial charge < -0.3 is 4.90 Å². The SMILES string of the molecule is CC1(c2cccc(-c3cccc(N(c4ccccc4)c4ccc5ccccc5c4)c3)c2)c2ccccc2-c2cc3ccccc3cc21. The van der Waals surface area contributed by atoms with E-state index in [1.807, 2.05) is 0 Å². The van der Waals surface area contributed by atoms with Gasteiger partial charge >= 0.3 is 0 Å². The molecule has 0 fully saturated rings. The van der Waals surface area contributed by atoms with Gasteiger partial charge in [0.1, 0.15) is 0 Å². The van der Waals surface area contributed by atoms with Crippen LogP contribution in [0.3, 0.4) is 0 Å². The third-order valence-corrected chi connectivity index (χ3v) is 10.1. The average molecular weight is 600 g/mol. The van der Waals surface area contributed by atoms with Gasteiger partial charge in [0.05, 0.1) is 0 Å². The lowest BCUT2D eigenvalue weighted by Crippen LogP contribution is -2.22. The summed E-state index contributed by atoms with van der Waals surface area (Å²) in [6.45, 7) is 2.40. The van der Waals surface area contributed by atoms with Gasteiger partial charge in [-0.3, -0.25) is 0 Å². The van der Waals surface area contributed by atoms with Crippen LogP contribution in [0.15, 0.2) is 182 Å². The van der Waals surface area contributed by atoms with Gasteiger partial charge in [-0.05, 0) is 122 Å². The number of para-hydroxylation sites is 1. The molecular weight excluding hydrogens is 567 g/mol. The second-order valence-corrected chi connectivity index (χ2v) is 12.7. The third kappa shape index (κ3) is 4.47. The summed E-state index contributed by atoms with van der Waals surface area (Å²) < 4.78 is 0. The van der Waals surface area contributed by atoms with Crippen molar-refractivity contribution in [1.82, 2.24) is 0 Å². The Morgan fingerprint density at radius 2 is 0.957 bits per heavy atom. The Hall–Kier alpha value is -5.92. The Labute approximate surface area is 276 Å². The van der Waals surface area contributed by atoms with Gasteiger partial charge in [0.15, 0.2) is 0 Å². The first-order chi connectivity index (χ1) is 23.2. The van der Waals surface area contributed by atoms with Gasteiger partial charge in [-0.25, -0.2) is 0 Å². The highest BCUT2D eigenvalue weighted by atomic mass is 15.1. The zero-order chi connectivity index (χ0) is 31.4. The molecular formula is C46H33N. The average Bonchev–Trinajstić information content (AvgIpc) is 3.39. The van der Waals surface area contributed by atoms with Gasteiger partial charge in [-0.15, -0.1) is 0 Å². The Kier molecular flexibility index (Phi) is 6.33. The van der Waals surface area contributed by atoms with Crippen molar-refractivity contribution in [1.29, 1.82) is 0 Å². The van der Waals surface area contributed by atoms with Crippen LogP contribution in [-0.2, 0) is 5.41 Å². The zero-order valence-electron chi connectivity index (χ0n) is 26.3. The van der Waals surface area contributed by atoms with E-state index in [1.54, 1.807) is 0 Å². The lowest BCUT2D eigenvalue weighted by atomic mass is 9.73. The molecule has 0 amide bonds. The van der Waals surface area contributed by atoms with Crippen LogP contribution in [0.4, 0.5) is 17.1 Å². The van der Waals surface area contributed by atoms with Crippen LogP contribution in [0.2, 0.25) is 0 Å². The number of benzene rings is 8. The second-order valence-electron chi connectivity index (χ2n) is 12.7. The lowest BCUT2D eigenvalue weighted by Gasteiger charge is -2.29. The summed E-state index contributed by atoms with van der Waals surface area (Å²) in [5, 5.41) is 5.04. The molecule has 1 nitrogen and oxygen atoms in total. The van der Waals surface area contributed by atoms with Gasteiger partial charge in [-0.1, -0.05) is 127 Å². The molecule has 0 bridgehead atoms. The molecule has 1 unspecified atom stereocenters. The highest BCUT2D eigenvalue weighted by Gasteiger charge is 2.41. The van der Waals surface area contributed by atoms with E-state index in [1.165, 1.54) is 60.5 Å². The molecule has 1 aliphatic rings. The fraction of sp³-hybridized carbons (Fsp3) is 0.0435. The van der Waals surface area contributed by atoms with E-state index in [9.17, 15) is 0 Å². The van der Waals surface area contributed by atoms with Gasteiger partial charge in [-0.2, -0.15) is 0 Å². The van der Waals surface area contributed by atoms with Crippen molar-refractivity contribution in [3.8, 4) is 22.3 Å². The van der Waals surface area contributed by atoms with Crippen LogP contribution in [0, 0.1) is 0 Å². The van der Waals surface area contributed by atoms with E-state index in [0.29, 0.717) is 0 Å². The predicted molar refractivity (Wildman–Crippen MR) is 199 cm³/mol. The Bertz CT molecular complexity index is 2440.